The fraction of sp³-hybridized carbons (Fsp3) is 0.600. The van der Waals surface area contributed by atoms with Gasteiger partial charge in [0, 0.05) is 19.3 Å². The third kappa shape index (κ3) is 3.71. The van der Waals surface area contributed by atoms with Crippen LogP contribution in [0.1, 0.15) is 17.3 Å². The highest BCUT2D eigenvalue weighted by atomic mass is 32.2. The molecule has 1 heterocycles. The van der Waals surface area contributed by atoms with Crippen molar-refractivity contribution >= 4 is 27.8 Å². The van der Waals surface area contributed by atoms with E-state index in [1.807, 2.05) is 6.26 Å². The first-order chi connectivity index (χ1) is 8.95. The summed E-state index contributed by atoms with van der Waals surface area (Å²) in [4.78, 5) is 11.6. The number of esters is 1. The molecule has 1 N–H and O–H groups in total. The van der Waals surface area contributed by atoms with Gasteiger partial charge in [0.1, 0.15) is 5.56 Å². The molecule has 0 bridgehead atoms. The number of rotatable bonds is 7. The number of carbonyl (C=O) groups excluding carboxylic acids is 1. The predicted octanol–water partition coefficient (Wildman–Crippen LogP) is 0.570. The van der Waals surface area contributed by atoms with Crippen molar-refractivity contribution in [2.45, 2.75) is 11.9 Å². The minimum absolute atomic E-state index is 0.0714. The average Bonchev–Trinajstić information content (AvgIpc) is 2.85. The van der Waals surface area contributed by atoms with Crippen molar-refractivity contribution in [3.8, 4) is 0 Å². The number of H-pyrrole nitrogens is 1. The number of aromatic nitrogens is 2. The molecule has 0 amide bonds. The lowest BCUT2D eigenvalue weighted by Gasteiger charge is -2.15. The van der Waals surface area contributed by atoms with Crippen molar-refractivity contribution in [1.29, 1.82) is 0 Å². The summed E-state index contributed by atoms with van der Waals surface area (Å²) in [5, 5.41) is 5.75. The van der Waals surface area contributed by atoms with Gasteiger partial charge in [-0.05, 0) is 13.2 Å². The van der Waals surface area contributed by atoms with Crippen molar-refractivity contribution in [2.24, 2.45) is 0 Å². The number of thioether (sulfide) groups is 1. The first kappa shape index (κ1) is 16.0. The Morgan fingerprint density at radius 3 is 2.84 bits per heavy atom. The molecule has 0 saturated carbocycles. The minimum atomic E-state index is -3.76. The molecule has 0 aliphatic rings. The lowest BCUT2D eigenvalue weighted by molar-refractivity contribution is 0.0521. The number of sulfonamides is 1. The SMILES string of the molecule is CCOC(=O)c1cn[nH]c1S(=O)(=O)N(C)CCSC. The van der Waals surface area contributed by atoms with Crippen LogP contribution in [0, 0.1) is 0 Å². The highest BCUT2D eigenvalue weighted by Crippen LogP contribution is 2.17. The fourth-order valence-corrected chi connectivity index (χ4v) is 3.12. The van der Waals surface area contributed by atoms with Crippen molar-refractivity contribution in [2.75, 3.05) is 32.2 Å². The Morgan fingerprint density at radius 2 is 2.26 bits per heavy atom. The van der Waals surface area contributed by atoms with Gasteiger partial charge in [-0.1, -0.05) is 0 Å². The van der Waals surface area contributed by atoms with Crippen molar-refractivity contribution in [3.05, 3.63) is 11.8 Å². The topological polar surface area (TPSA) is 92.4 Å². The van der Waals surface area contributed by atoms with Gasteiger partial charge >= 0.3 is 5.97 Å². The second-order valence-corrected chi connectivity index (χ2v) is 6.62. The van der Waals surface area contributed by atoms with E-state index in [1.165, 1.54) is 23.1 Å². The van der Waals surface area contributed by atoms with E-state index in [-0.39, 0.29) is 17.2 Å². The fourth-order valence-electron chi connectivity index (χ4n) is 1.32. The molecule has 108 valence electrons. The Morgan fingerprint density at radius 1 is 1.58 bits per heavy atom. The average molecular weight is 307 g/mol. The molecule has 0 radical (unpaired) electrons. The molecule has 0 atom stereocenters. The Hall–Kier alpha value is -1.06. The highest BCUT2D eigenvalue weighted by Gasteiger charge is 2.29. The maximum Gasteiger partial charge on any atom is 0.342 e. The van der Waals surface area contributed by atoms with Gasteiger partial charge < -0.3 is 4.74 Å². The van der Waals surface area contributed by atoms with Crippen LogP contribution in [0.25, 0.3) is 0 Å². The summed E-state index contributed by atoms with van der Waals surface area (Å²) < 4.78 is 30.5. The third-order valence-electron chi connectivity index (χ3n) is 2.38. The number of nitrogens with one attached hydrogen (secondary N) is 1. The zero-order chi connectivity index (χ0) is 14.5. The van der Waals surface area contributed by atoms with E-state index in [1.54, 1.807) is 6.92 Å². The Labute approximate surface area is 116 Å². The van der Waals surface area contributed by atoms with Crippen LogP contribution >= 0.6 is 11.8 Å². The van der Waals surface area contributed by atoms with E-state index >= 15 is 0 Å². The molecule has 0 unspecified atom stereocenters. The number of aromatic amines is 1. The number of ether oxygens (including phenoxy) is 1. The summed E-state index contributed by atoms with van der Waals surface area (Å²) in [6.45, 7) is 2.17. The van der Waals surface area contributed by atoms with Crippen molar-refractivity contribution in [1.82, 2.24) is 14.5 Å². The summed E-state index contributed by atoms with van der Waals surface area (Å²) in [7, 11) is -2.30. The molecule has 0 fully saturated rings. The van der Waals surface area contributed by atoms with E-state index in [0.29, 0.717) is 12.3 Å². The van der Waals surface area contributed by atoms with Crippen LogP contribution in [-0.2, 0) is 14.8 Å². The van der Waals surface area contributed by atoms with E-state index in [2.05, 4.69) is 10.2 Å². The van der Waals surface area contributed by atoms with Gasteiger partial charge in [0.15, 0.2) is 5.03 Å². The van der Waals surface area contributed by atoms with Gasteiger partial charge in [-0.2, -0.15) is 21.2 Å². The second kappa shape index (κ2) is 6.92. The van der Waals surface area contributed by atoms with Crippen LogP contribution in [0.5, 0.6) is 0 Å². The Kier molecular flexibility index (Phi) is 5.83. The predicted molar refractivity (Wildman–Crippen MR) is 72.7 cm³/mol. The molecule has 1 aromatic heterocycles. The smallest absolute Gasteiger partial charge is 0.342 e. The largest absolute Gasteiger partial charge is 0.462 e. The van der Waals surface area contributed by atoms with Crippen LogP contribution in [-0.4, -0.2) is 61.1 Å². The van der Waals surface area contributed by atoms with Gasteiger partial charge in [0.05, 0.1) is 12.8 Å². The molecule has 1 rings (SSSR count). The monoisotopic (exact) mass is 307 g/mol. The standard InChI is InChI=1S/C10H17N3O4S2/c1-4-17-10(14)8-7-11-12-9(8)19(15,16)13(2)5-6-18-3/h7H,4-6H2,1-3H3,(H,11,12). The third-order valence-corrected chi connectivity index (χ3v) is 4.80. The van der Waals surface area contributed by atoms with Crippen LogP contribution in [0.3, 0.4) is 0 Å². The molecule has 7 nitrogen and oxygen atoms in total. The molecule has 0 spiro atoms. The summed E-state index contributed by atoms with van der Waals surface area (Å²) >= 11 is 1.54. The molecule has 9 heteroatoms. The molecule has 19 heavy (non-hydrogen) atoms. The van der Waals surface area contributed by atoms with E-state index < -0.39 is 16.0 Å². The Bertz CT molecular complexity index is 527. The van der Waals surface area contributed by atoms with Crippen LogP contribution < -0.4 is 0 Å². The highest BCUT2D eigenvalue weighted by molar-refractivity contribution is 7.98. The summed E-state index contributed by atoms with van der Waals surface area (Å²) in [5.74, 6) is -0.0356. The van der Waals surface area contributed by atoms with Crippen LogP contribution in [0.15, 0.2) is 11.2 Å². The minimum Gasteiger partial charge on any atom is -0.462 e. The zero-order valence-electron chi connectivity index (χ0n) is 11.0. The summed E-state index contributed by atoms with van der Waals surface area (Å²) in [6.07, 6.45) is 3.05. The number of hydrogen-bond acceptors (Lipinski definition) is 6. The zero-order valence-corrected chi connectivity index (χ0v) is 12.7. The number of carbonyl (C=O) groups is 1. The van der Waals surface area contributed by atoms with Crippen LogP contribution in [0.2, 0.25) is 0 Å². The maximum absolute atomic E-state index is 12.3. The lowest BCUT2D eigenvalue weighted by Crippen LogP contribution is -2.30. The first-order valence-electron chi connectivity index (χ1n) is 5.60. The van der Waals surface area contributed by atoms with E-state index in [4.69, 9.17) is 4.74 Å². The molecular formula is C10H17N3O4S2. The lowest BCUT2D eigenvalue weighted by atomic mass is 10.4. The van der Waals surface area contributed by atoms with Gasteiger partial charge in [-0.15, -0.1) is 0 Å². The van der Waals surface area contributed by atoms with Crippen LogP contribution in [0.4, 0.5) is 0 Å². The van der Waals surface area contributed by atoms with Gasteiger partial charge in [-0.25, -0.2) is 13.2 Å². The van der Waals surface area contributed by atoms with Crippen molar-refractivity contribution < 1.29 is 17.9 Å². The molecule has 0 aromatic carbocycles. The maximum atomic E-state index is 12.3. The number of hydrogen-bond donors (Lipinski definition) is 1. The Balaban J connectivity index is 3.02. The number of nitrogens with zero attached hydrogens (tertiary/aromatic N) is 2. The van der Waals surface area contributed by atoms with E-state index in [0.717, 1.165) is 6.20 Å². The van der Waals surface area contributed by atoms with Gasteiger partial charge in [-0.3, -0.25) is 5.10 Å². The molecule has 1 aromatic rings. The first-order valence-corrected chi connectivity index (χ1v) is 8.44. The molecule has 0 aliphatic heterocycles. The second-order valence-electron chi connectivity index (χ2n) is 3.65. The summed E-state index contributed by atoms with van der Waals surface area (Å²) in [5.41, 5.74) is -0.0714. The van der Waals surface area contributed by atoms with Gasteiger partial charge in [0.25, 0.3) is 10.0 Å². The quantitative estimate of drug-likeness (QED) is 0.740. The van der Waals surface area contributed by atoms with Crippen molar-refractivity contribution in [3.63, 3.8) is 0 Å². The molecule has 0 saturated heterocycles. The normalized spacial score (nSPS) is 11.8. The molecular weight excluding hydrogens is 290 g/mol. The van der Waals surface area contributed by atoms with Gasteiger partial charge in [0.2, 0.25) is 0 Å². The molecule has 0 aliphatic carbocycles. The summed E-state index contributed by atoms with van der Waals surface area (Å²) in [6, 6.07) is 0. The van der Waals surface area contributed by atoms with E-state index in [9.17, 15) is 13.2 Å².